The molecule has 138 valence electrons. The molecule has 0 fully saturated rings. The molecular weight excluding hydrogens is 338 g/mol. The molecule has 5 heteroatoms. The first-order chi connectivity index (χ1) is 13.2. The van der Waals surface area contributed by atoms with Crippen molar-refractivity contribution in [2.45, 2.75) is 26.0 Å². The van der Waals surface area contributed by atoms with Gasteiger partial charge in [-0.25, -0.2) is 0 Å². The van der Waals surface area contributed by atoms with E-state index in [1.54, 1.807) is 0 Å². The van der Waals surface area contributed by atoms with Crippen LogP contribution in [-0.4, -0.2) is 28.8 Å². The van der Waals surface area contributed by atoms with E-state index in [9.17, 15) is 4.79 Å². The maximum Gasteiger partial charge on any atom is 0.251 e. The molecule has 2 aromatic carbocycles. The second-order valence-electron chi connectivity index (χ2n) is 6.86. The van der Waals surface area contributed by atoms with Crippen LogP contribution in [0.3, 0.4) is 0 Å². The molecule has 1 aliphatic heterocycles. The smallest absolute Gasteiger partial charge is 0.251 e. The lowest BCUT2D eigenvalue weighted by atomic mass is 10.1. The zero-order valence-electron chi connectivity index (χ0n) is 15.4. The Kier molecular flexibility index (Phi) is 5.03. The predicted molar refractivity (Wildman–Crippen MR) is 104 cm³/mol. The molecule has 0 saturated carbocycles. The molecule has 0 spiro atoms. The van der Waals surface area contributed by atoms with Crippen LogP contribution < -0.4 is 5.32 Å². The topological polar surface area (TPSA) is 56.1 Å². The summed E-state index contributed by atoms with van der Waals surface area (Å²) in [5, 5.41) is 7.73. The quantitative estimate of drug-likeness (QED) is 0.759. The van der Waals surface area contributed by atoms with Gasteiger partial charge in [-0.15, -0.1) is 0 Å². The van der Waals surface area contributed by atoms with Crippen molar-refractivity contribution in [3.05, 3.63) is 88.7 Å². The van der Waals surface area contributed by atoms with Crippen LogP contribution in [0.25, 0.3) is 0 Å². The molecule has 0 radical (unpaired) electrons. The molecule has 1 aromatic heterocycles. The van der Waals surface area contributed by atoms with E-state index in [2.05, 4.69) is 23.6 Å². The van der Waals surface area contributed by atoms with Gasteiger partial charge in [0.2, 0.25) is 0 Å². The van der Waals surface area contributed by atoms with Crippen LogP contribution in [0, 0.1) is 6.92 Å². The number of nitrogens with zero attached hydrogens (tertiary/aromatic N) is 2. The summed E-state index contributed by atoms with van der Waals surface area (Å²) in [5.41, 5.74) is 5.01. The molecule has 1 atom stereocenters. The van der Waals surface area contributed by atoms with Crippen LogP contribution in [0.5, 0.6) is 0 Å². The Morgan fingerprint density at radius 2 is 1.96 bits per heavy atom. The van der Waals surface area contributed by atoms with E-state index < -0.39 is 0 Å². The Morgan fingerprint density at radius 1 is 1.19 bits per heavy atom. The van der Waals surface area contributed by atoms with E-state index in [1.807, 2.05) is 54.1 Å². The third-order valence-corrected chi connectivity index (χ3v) is 4.89. The lowest BCUT2D eigenvalue weighted by Crippen LogP contribution is -2.32. The van der Waals surface area contributed by atoms with E-state index in [-0.39, 0.29) is 12.0 Å². The molecule has 1 amide bonds. The SMILES string of the molecule is Cc1ccccc1C(=O)NC[C@@H]1OCCc2cn(Cc3ccccc3)nc21. The number of fused-ring (bicyclic) bond motifs is 1. The minimum atomic E-state index is -0.209. The van der Waals surface area contributed by atoms with Crippen LogP contribution >= 0.6 is 0 Å². The lowest BCUT2D eigenvalue weighted by molar-refractivity contribution is 0.0383. The average molecular weight is 361 g/mol. The van der Waals surface area contributed by atoms with Crippen molar-refractivity contribution in [1.82, 2.24) is 15.1 Å². The maximum atomic E-state index is 12.5. The van der Waals surface area contributed by atoms with Gasteiger partial charge in [0.15, 0.2) is 0 Å². The molecule has 3 aromatic rings. The van der Waals surface area contributed by atoms with Gasteiger partial charge in [0.1, 0.15) is 6.10 Å². The van der Waals surface area contributed by atoms with Crippen molar-refractivity contribution in [2.24, 2.45) is 0 Å². The first-order valence-corrected chi connectivity index (χ1v) is 9.26. The second-order valence-corrected chi connectivity index (χ2v) is 6.86. The lowest BCUT2D eigenvalue weighted by Gasteiger charge is -2.22. The van der Waals surface area contributed by atoms with Crippen molar-refractivity contribution in [1.29, 1.82) is 0 Å². The number of nitrogens with one attached hydrogen (secondary N) is 1. The highest BCUT2D eigenvalue weighted by Gasteiger charge is 2.25. The fourth-order valence-corrected chi connectivity index (χ4v) is 3.45. The second kappa shape index (κ2) is 7.76. The number of amides is 1. The van der Waals surface area contributed by atoms with Crippen LogP contribution in [0.1, 0.15) is 38.8 Å². The molecular formula is C22H23N3O2. The Balaban J connectivity index is 1.45. The molecule has 0 bridgehead atoms. The minimum Gasteiger partial charge on any atom is -0.370 e. The predicted octanol–water partition coefficient (Wildman–Crippen LogP) is 3.28. The van der Waals surface area contributed by atoms with Gasteiger partial charge in [0.05, 0.1) is 18.8 Å². The van der Waals surface area contributed by atoms with Crippen LogP contribution in [0.2, 0.25) is 0 Å². The van der Waals surface area contributed by atoms with E-state index >= 15 is 0 Å². The molecule has 1 N–H and O–H groups in total. The average Bonchev–Trinajstić information content (AvgIpc) is 3.10. The highest BCUT2D eigenvalue weighted by molar-refractivity contribution is 5.95. The number of hydrogen-bond acceptors (Lipinski definition) is 3. The van der Waals surface area contributed by atoms with E-state index in [4.69, 9.17) is 9.84 Å². The molecule has 1 aliphatic rings. The summed E-state index contributed by atoms with van der Waals surface area (Å²) in [6.45, 7) is 3.74. The fraction of sp³-hybridized carbons (Fsp3) is 0.273. The van der Waals surface area contributed by atoms with Gasteiger partial charge < -0.3 is 10.1 Å². The summed E-state index contributed by atoms with van der Waals surface area (Å²) in [6, 6.07) is 17.9. The van der Waals surface area contributed by atoms with Crippen molar-refractivity contribution < 1.29 is 9.53 Å². The molecule has 0 unspecified atom stereocenters. The number of benzene rings is 2. The molecule has 0 saturated heterocycles. The molecule has 0 aliphatic carbocycles. The number of hydrogen-bond donors (Lipinski definition) is 1. The summed E-state index contributed by atoms with van der Waals surface area (Å²) >= 11 is 0. The van der Waals surface area contributed by atoms with Gasteiger partial charge >= 0.3 is 0 Å². The van der Waals surface area contributed by atoms with Gasteiger partial charge in [0, 0.05) is 18.3 Å². The van der Waals surface area contributed by atoms with Gasteiger partial charge in [0.25, 0.3) is 5.91 Å². The van der Waals surface area contributed by atoms with Gasteiger partial charge in [-0.1, -0.05) is 48.5 Å². The monoisotopic (exact) mass is 361 g/mol. The van der Waals surface area contributed by atoms with Crippen molar-refractivity contribution in [2.75, 3.05) is 13.2 Å². The first kappa shape index (κ1) is 17.5. The van der Waals surface area contributed by atoms with Crippen LogP contribution in [0.4, 0.5) is 0 Å². The number of aromatic nitrogens is 2. The minimum absolute atomic E-state index is 0.0764. The van der Waals surface area contributed by atoms with Crippen molar-refractivity contribution in [3.8, 4) is 0 Å². The van der Waals surface area contributed by atoms with E-state index in [0.29, 0.717) is 18.7 Å². The van der Waals surface area contributed by atoms with Gasteiger partial charge in [-0.3, -0.25) is 9.48 Å². The maximum absolute atomic E-state index is 12.5. The molecule has 27 heavy (non-hydrogen) atoms. The van der Waals surface area contributed by atoms with Crippen LogP contribution in [0.15, 0.2) is 60.8 Å². The normalized spacial score (nSPS) is 16.0. The number of rotatable bonds is 5. The number of aryl methyl sites for hydroxylation is 1. The van der Waals surface area contributed by atoms with E-state index in [1.165, 1.54) is 11.1 Å². The Morgan fingerprint density at radius 3 is 2.78 bits per heavy atom. The molecule has 5 nitrogen and oxygen atoms in total. The van der Waals surface area contributed by atoms with E-state index in [0.717, 1.165) is 24.2 Å². The van der Waals surface area contributed by atoms with Crippen LogP contribution in [-0.2, 0) is 17.7 Å². The summed E-state index contributed by atoms with van der Waals surface area (Å²) in [7, 11) is 0. The fourth-order valence-electron chi connectivity index (χ4n) is 3.45. The summed E-state index contributed by atoms with van der Waals surface area (Å²) in [4.78, 5) is 12.5. The Hall–Kier alpha value is -2.92. The van der Waals surface area contributed by atoms with Crippen molar-refractivity contribution >= 4 is 5.91 Å². The number of carbonyl (C=O) groups excluding carboxylic acids is 1. The Labute approximate surface area is 159 Å². The third kappa shape index (κ3) is 3.93. The molecule has 2 heterocycles. The summed E-state index contributed by atoms with van der Waals surface area (Å²) in [6.07, 6.45) is 2.74. The first-order valence-electron chi connectivity index (χ1n) is 9.26. The standard InChI is InChI=1S/C22H23N3O2/c1-16-7-5-6-10-19(16)22(26)23-13-20-21-18(11-12-27-20)15-25(24-21)14-17-8-3-2-4-9-17/h2-10,15,20H,11-14H2,1H3,(H,23,26)/t20-/m0/s1. The Bertz CT molecular complexity index is 934. The number of carbonyl (C=O) groups is 1. The number of ether oxygens (including phenoxy) is 1. The van der Waals surface area contributed by atoms with Gasteiger partial charge in [-0.2, -0.15) is 5.10 Å². The molecule has 4 rings (SSSR count). The zero-order valence-corrected chi connectivity index (χ0v) is 15.4. The highest BCUT2D eigenvalue weighted by atomic mass is 16.5. The summed E-state index contributed by atoms with van der Waals surface area (Å²) in [5.74, 6) is -0.0764. The van der Waals surface area contributed by atoms with Crippen molar-refractivity contribution in [3.63, 3.8) is 0 Å². The largest absolute Gasteiger partial charge is 0.370 e. The third-order valence-electron chi connectivity index (χ3n) is 4.89. The highest BCUT2D eigenvalue weighted by Crippen LogP contribution is 2.25. The summed E-state index contributed by atoms with van der Waals surface area (Å²) < 4.78 is 7.86. The zero-order chi connectivity index (χ0) is 18.6. The van der Waals surface area contributed by atoms with Gasteiger partial charge in [-0.05, 0) is 36.1 Å².